The summed E-state index contributed by atoms with van der Waals surface area (Å²) >= 11 is 0. The number of carbonyl (C=O) groups is 1. The molecule has 0 aromatic rings. The molecular weight excluding hydrogens is 172 g/mol. The quantitative estimate of drug-likeness (QED) is 0.561. The zero-order valence-corrected chi connectivity index (χ0v) is 6.67. The first-order valence-electron chi connectivity index (χ1n) is 3.01. The van der Waals surface area contributed by atoms with Gasteiger partial charge in [0, 0.05) is 6.61 Å². The molecule has 0 rings (SSSR count). The highest BCUT2D eigenvalue weighted by Gasteiger charge is 2.14. The summed E-state index contributed by atoms with van der Waals surface area (Å²) in [5.74, 6) is -2.48. The first-order chi connectivity index (χ1) is 4.98. The lowest BCUT2D eigenvalue weighted by Crippen LogP contribution is -2.18. The molecule has 0 amide bonds. The van der Waals surface area contributed by atoms with Gasteiger partial charge in [0.05, 0.1) is 5.75 Å². The molecule has 0 bridgehead atoms. The van der Waals surface area contributed by atoms with E-state index in [-0.39, 0.29) is 18.8 Å². The Morgan fingerprint density at radius 1 is 1.36 bits per heavy atom. The van der Waals surface area contributed by atoms with Crippen LogP contribution in [0.5, 0.6) is 0 Å². The fourth-order valence-corrected chi connectivity index (χ4v) is 1.63. The molecule has 0 aliphatic heterocycles. The van der Waals surface area contributed by atoms with Gasteiger partial charge in [0.2, 0.25) is 0 Å². The van der Waals surface area contributed by atoms with Crippen LogP contribution in [0.3, 0.4) is 0 Å². The molecular formula is C5H10O5S. The number of sulfone groups is 1. The average molecular weight is 182 g/mol. The molecule has 0 saturated carbocycles. The SMILES string of the molecule is O=C(O)CS(=O)(=O)CCCO. The standard InChI is InChI=1S/C5H10O5S/c6-2-1-3-11(9,10)4-5(7)8/h6H,1-4H2,(H,7,8). The van der Waals surface area contributed by atoms with E-state index in [9.17, 15) is 13.2 Å². The summed E-state index contributed by atoms with van der Waals surface area (Å²) in [7, 11) is -3.50. The van der Waals surface area contributed by atoms with Gasteiger partial charge in [-0.25, -0.2) is 8.42 Å². The molecule has 0 aliphatic rings. The molecule has 2 N–H and O–H groups in total. The van der Waals surface area contributed by atoms with Crippen LogP contribution in [0.2, 0.25) is 0 Å². The van der Waals surface area contributed by atoms with Crippen LogP contribution in [0.25, 0.3) is 0 Å². The van der Waals surface area contributed by atoms with E-state index in [1.54, 1.807) is 0 Å². The maximum atomic E-state index is 10.7. The van der Waals surface area contributed by atoms with E-state index in [0.717, 1.165) is 0 Å². The number of hydrogen-bond donors (Lipinski definition) is 2. The Hall–Kier alpha value is -0.620. The topological polar surface area (TPSA) is 91.7 Å². The van der Waals surface area contributed by atoms with Gasteiger partial charge in [0.1, 0.15) is 5.75 Å². The molecule has 0 heterocycles. The summed E-state index contributed by atoms with van der Waals surface area (Å²) in [5.41, 5.74) is 0. The molecule has 0 aliphatic carbocycles. The number of aliphatic hydroxyl groups excluding tert-OH is 1. The lowest BCUT2D eigenvalue weighted by molar-refractivity contribution is -0.134. The number of hydrogen-bond acceptors (Lipinski definition) is 4. The third-order valence-electron chi connectivity index (χ3n) is 0.957. The van der Waals surface area contributed by atoms with Crippen molar-refractivity contribution in [2.45, 2.75) is 6.42 Å². The van der Waals surface area contributed by atoms with E-state index < -0.39 is 21.6 Å². The van der Waals surface area contributed by atoms with E-state index in [1.807, 2.05) is 0 Å². The van der Waals surface area contributed by atoms with Crippen LogP contribution in [-0.2, 0) is 14.6 Å². The van der Waals surface area contributed by atoms with Crippen molar-refractivity contribution in [1.29, 1.82) is 0 Å². The van der Waals surface area contributed by atoms with Gasteiger partial charge >= 0.3 is 5.97 Å². The summed E-state index contributed by atoms with van der Waals surface area (Å²) < 4.78 is 21.4. The van der Waals surface area contributed by atoms with Crippen LogP contribution in [0.15, 0.2) is 0 Å². The van der Waals surface area contributed by atoms with Crippen molar-refractivity contribution in [3.63, 3.8) is 0 Å². The number of carboxylic acids is 1. The number of aliphatic hydroxyl groups is 1. The monoisotopic (exact) mass is 182 g/mol. The third kappa shape index (κ3) is 5.81. The molecule has 0 aromatic carbocycles. The van der Waals surface area contributed by atoms with Crippen LogP contribution in [0, 0.1) is 0 Å². The summed E-state index contributed by atoms with van der Waals surface area (Å²) in [6.07, 6.45) is 0.0929. The highest BCUT2D eigenvalue weighted by molar-refractivity contribution is 7.92. The molecule has 5 nitrogen and oxygen atoms in total. The molecule has 0 aromatic heterocycles. The number of rotatable bonds is 5. The van der Waals surface area contributed by atoms with E-state index in [4.69, 9.17) is 10.2 Å². The summed E-state index contributed by atoms with van der Waals surface area (Å²) in [5, 5.41) is 16.4. The van der Waals surface area contributed by atoms with Crippen molar-refractivity contribution < 1.29 is 23.4 Å². The van der Waals surface area contributed by atoms with E-state index >= 15 is 0 Å². The molecule has 66 valence electrons. The molecule has 6 heteroatoms. The highest BCUT2D eigenvalue weighted by atomic mass is 32.2. The lowest BCUT2D eigenvalue weighted by Gasteiger charge is -1.97. The van der Waals surface area contributed by atoms with Gasteiger partial charge in [-0.2, -0.15) is 0 Å². The lowest BCUT2D eigenvalue weighted by atomic mass is 10.5. The van der Waals surface area contributed by atoms with Crippen LogP contribution in [0.1, 0.15) is 6.42 Å². The molecule has 0 spiro atoms. The minimum absolute atomic E-state index is 0.0929. The van der Waals surface area contributed by atoms with Crippen molar-refractivity contribution in [2.24, 2.45) is 0 Å². The summed E-state index contributed by atoms with van der Waals surface area (Å²) in [4.78, 5) is 9.94. The number of aliphatic carboxylic acids is 1. The predicted octanol–water partition coefficient (Wildman–Crippen LogP) is -1.13. The van der Waals surface area contributed by atoms with Crippen molar-refractivity contribution in [2.75, 3.05) is 18.1 Å². The Balaban J connectivity index is 3.92. The second kappa shape index (κ2) is 4.30. The Morgan fingerprint density at radius 3 is 2.27 bits per heavy atom. The second-order valence-electron chi connectivity index (χ2n) is 2.06. The van der Waals surface area contributed by atoms with Crippen LogP contribution in [-0.4, -0.2) is 42.7 Å². The van der Waals surface area contributed by atoms with Gasteiger partial charge < -0.3 is 10.2 Å². The maximum Gasteiger partial charge on any atom is 0.318 e. The van der Waals surface area contributed by atoms with Crippen molar-refractivity contribution >= 4 is 15.8 Å². The highest BCUT2D eigenvalue weighted by Crippen LogP contribution is 1.92. The zero-order valence-electron chi connectivity index (χ0n) is 5.86. The van der Waals surface area contributed by atoms with Crippen molar-refractivity contribution in [1.82, 2.24) is 0 Å². The molecule has 0 radical (unpaired) electrons. The maximum absolute atomic E-state index is 10.7. The van der Waals surface area contributed by atoms with Crippen molar-refractivity contribution in [3.8, 4) is 0 Å². The van der Waals surface area contributed by atoms with Crippen LogP contribution in [0.4, 0.5) is 0 Å². The second-order valence-corrected chi connectivity index (χ2v) is 4.25. The third-order valence-corrected chi connectivity index (χ3v) is 2.55. The fourth-order valence-electron chi connectivity index (χ4n) is 0.545. The fraction of sp³-hybridized carbons (Fsp3) is 0.800. The van der Waals surface area contributed by atoms with E-state index in [2.05, 4.69) is 0 Å². The van der Waals surface area contributed by atoms with Gasteiger partial charge in [-0.05, 0) is 6.42 Å². The Labute approximate surface area is 64.6 Å². The molecule has 0 atom stereocenters. The average Bonchev–Trinajstić information content (AvgIpc) is 1.81. The first kappa shape index (κ1) is 10.4. The van der Waals surface area contributed by atoms with Crippen LogP contribution < -0.4 is 0 Å². The van der Waals surface area contributed by atoms with E-state index in [1.165, 1.54) is 0 Å². The van der Waals surface area contributed by atoms with Crippen LogP contribution >= 0.6 is 0 Å². The van der Waals surface area contributed by atoms with Crippen molar-refractivity contribution in [3.05, 3.63) is 0 Å². The van der Waals surface area contributed by atoms with Gasteiger partial charge in [0.15, 0.2) is 9.84 Å². The van der Waals surface area contributed by atoms with Gasteiger partial charge in [0.25, 0.3) is 0 Å². The summed E-state index contributed by atoms with van der Waals surface area (Å²) in [6, 6.07) is 0. The van der Waals surface area contributed by atoms with Gasteiger partial charge in [-0.1, -0.05) is 0 Å². The number of carboxylic acid groups (broad SMARTS) is 1. The predicted molar refractivity (Wildman–Crippen MR) is 38.0 cm³/mol. The summed E-state index contributed by atoms with van der Waals surface area (Å²) in [6.45, 7) is -0.237. The molecule has 0 unspecified atom stereocenters. The first-order valence-corrected chi connectivity index (χ1v) is 4.83. The minimum Gasteiger partial charge on any atom is -0.480 e. The molecule has 0 fully saturated rings. The minimum atomic E-state index is -3.50. The van der Waals surface area contributed by atoms with Gasteiger partial charge in [-0.3, -0.25) is 4.79 Å². The normalized spacial score (nSPS) is 11.4. The van der Waals surface area contributed by atoms with Gasteiger partial charge in [-0.15, -0.1) is 0 Å². The molecule has 0 saturated heterocycles. The smallest absolute Gasteiger partial charge is 0.318 e. The Bertz CT molecular complexity index is 217. The molecule has 11 heavy (non-hydrogen) atoms. The largest absolute Gasteiger partial charge is 0.480 e. The Morgan fingerprint density at radius 2 is 1.91 bits per heavy atom. The van der Waals surface area contributed by atoms with E-state index in [0.29, 0.717) is 0 Å². The zero-order chi connectivity index (χ0) is 8.91. The Kier molecular flexibility index (Phi) is 4.06.